The third kappa shape index (κ3) is 3.05. The van der Waals surface area contributed by atoms with E-state index in [4.69, 9.17) is 0 Å². The lowest BCUT2D eigenvalue weighted by Crippen LogP contribution is -2.43. The minimum absolute atomic E-state index is 0.206. The summed E-state index contributed by atoms with van der Waals surface area (Å²) < 4.78 is 45.2. The van der Waals surface area contributed by atoms with E-state index >= 15 is 0 Å². The van der Waals surface area contributed by atoms with Gasteiger partial charge in [-0.2, -0.15) is 13.2 Å². The Balaban J connectivity index is 1.95. The van der Waals surface area contributed by atoms with Crippen molar-refractivity contribution in [2.75, 3.05) is 0 Å². The Hall–Kier alpha value is -2.64. The van der Waals surface area contributed by atoms with E-state index < -0.39 is 11.8 Å². The summed E-state index contributed by atoms with van der Waals surface area (Å²) in [5.74, 6) is 0. The van der Waals surface area contributed by atoms with Crippen molar-refractivity contribution in [3.05, 3.63) is 82.1 Å². The van der Waals surface area contributed by atoms with Crippen molar-refractivity contribution < 1.29 is 18.3 Å². The van der Waals surface area contributed by atoms with Crippen molar-refractivity contribution in [3.63, 3.8) is 0 Å². The predicted octanol–water partition coefficient (Wildman–Crippen LogP) is 5.81. The van der Waals surface area contributed by atoms with Gasteiger partial charge in [-0.25, -0.2) is 4.98 Å². The van der Waals surface area contributed by atoms with Gasteiger partial charge in [0, 0.05) is 22.6 Å². The summed E-state index contributed by atoms with van der Waals surface area (Å²) in [7, 11) is 0. The number of thiazole rings is 1. The number of fused-ring (bicyclic) bond motifs is 1. The molecule has 150 valence electrons. The van der Waals surface area contributed by atoms with Gasteiger partial charge in [-0.3, -0.25) is 0 Å². The topological polar surface area (TPSA) is 38.0 Å². The zero-order valence-corrected chi connectivity index (χ0v) is 16.9. The Morgan fingerprint density at radius 2 is 1.62 bits per heavy atom. The van der Waals surface area contributed by atoms with Crippen molar-refractivity contribution in [2.45, 2.75) is 32.5 Å². The predicted molar refractivity (Wildman–Crippen MR) is 109 cm³/mol. The number of rotatable bonds is 3. The molecule has 0 saturated heterocycles. The minimum Gasteiger partial charge on any atom is -0.370 e. The van der Waals surface area contributed by atoms with Gasteiger partial charge in [-0.05, 0) is 51.1 Å². The van der Waals surface area contributed by atoms with Crippen LogP contribution < -0.4 is 0 Å². The van der Waals surface area contributed by atoms with Gasteiger partial charge in [0.15, 0.2) is 0 Å². The van der Waals surface area contributed by atoms with Crippen LogP contribution in [-0.4, -0.2) is 20.8 Å². The van der Waals surface area contributed by atoms with Crippen LogP contribution in [0.2, 0.25) is 0 Å². The zero-order chi connectivity index (χ0) is 21.0. The van der Waals surface area contributed by atoms with Crippen LogP contribution in [0.25, 0.3) is 15.9 Å². The lowest BCUT2D eigenvalue weighted by atomic mass is 9.93. The van der Waals surface area contributed by atoms with Gasteiger partial charge in [0.1, 0.15) is 5.01 Å². The van der Waals surface area contributed by atoms with E-state index in [2.05, 4.69) is 4.98 Å². The maximum Gasteiger partial charge on any atom is 0.428 e. The first kappa shape index (κ1) is 19.7. The average Bonchev–Trinajstić information content (AvgIpc) is 3.22. The summed E-state index contributed by atoms with van der Waals surface area (Å²) in [5.41, 5.74) is -0.245. The molecule has 3 nitrogen and oxygen atoms in total. The van der Waals surface area contributed by atoms with Gasteiger partial charge in [0.05, 0.1) is 10.2 Å². The molecular formula is C22H19F3N2OS. The van der Waals surface area contributed by atoms with E-state index in [9.17, 15) is 18.3 Å². The highest BCUT2D eigenvalue weighted by atomic mass is 32.1. The Kier molecular flexibility index (Phi) is 4.55. The number of alkyl halides is 3. The number of benzene rings is 2. The van der Waals surface area contributed by atoms with E-state index in [1.54, 1.807) is 42.7 Å². The molecule has 0 bridgehead atoms. The van der Waals surface area contributed by atoms with Crippen molar-refractivity contribution in [3.8, 4) is 5.69 Å². The number of halogens is 3. The molecule has 0 spiro atoms. The van der Waals surface area contributed by atoms with Crippen molar-refractivity contribution in [1.82, 2.24) is 9.55 Å². The molecule has 0 aliphatic rings. The van der Waals surface area contributed by atoms with Crippen LogP contribution in [0.3, 0.4) is 0 Å². The molecule has 0 saturated carbocycles. The largest absolute Gasteiger partial charge is 0.428 e. The monoisotopic (exact) mass is 416 g/mol. The smallest absolute Gasteiger partial charge is 0.370 e. The summed E-state index contributed by atoms with van der Waals surface area (Å²) in [4.78, 5) is 4.13. The fourth-order valence-corrected chi connectivity index (χ4v) is 4.73. The molecule has 0 aliphatic heterocycles. The number of aryl methyl sites for hydroxylation is 2. The number of aromatic nitrogens is 2. The highest BCUT2D eigenvalue weighted by molar-refractivity contribution is 7.18. The van der Waals surface area contributed by atoms with Gasteiger partial charge in [0.2, 0.25) is 5.60 Å². The molecule has 1 N–H and O–H groups in total. The second kappa shape index (κ2) is 6.71. The molecule has 0 aliphatic carbocycles. The Morgan fingerprint density at radius 1 is 0.966 bits per heavy atom. The maximum atomic E-state index is 14.3. The van der Waals surface area contributed by atoms with E-state index in [1.807, 2.05) is 31.2 Å². The standard InChI is InChI=1S/C22H19F3N2OS/c1-13-8-10-16(11-9-13)27-14(2)12-17(15(27)3)21(28,22(23,24)25)20-26-18-6-4-5-7-19(18)29-20/h4-12,28H,1-3H3. The molecule has 2 aromatic carbocycles. The number of aliphatic hydroxyl groups is 1. The molecule has 2 heterocycles. The summed E-state index contributed by atoms with van der Waals surface area (Å²) in [6.07, 6.45) is -4.93. The Labute approximate surface area is 170 Å². The molecule has 1 unspecified atom stereocenters. The molecule has 0 amide bonds. The Bertz CT molecular complexity index is 1160. The summed E-state index contributed by atoms with van der Waals surface area (Å²) in [5, 5.41) is 10.7. The fraction of sp³-hybridized carbons (Fsp3) is 0.227. The zero-order valence-electron chi connectivity index (χ0n) is 16.1. The van der Waals surface area contributed by atoms with Crippen LogP contribution in [0.15, 0.2) is 54.6 Å². The molecule has 0 radical (unpaired) electrons. The van der Waals surface area contributed by atoms with E-state index in [0.29, 0.717) is 21.6 Å². The average molecular weight is 416 g/mol. The van der Waals surface area contributed by atoms with Gasteiger partial charge in [-0.1, -0.05) is 29.8 Å². The van der Waals surface area contributed by atoms with Crippen LogP contribution in [0.5, 0.6) is 0 Å². The molecule has 7 heteroatoms. The Morgan fingerprint density at radius 3 is 2.24 bits per heavy atom. The summed E-state index contributed by atoms with van der Waals surface area (Å²) in [6.45, 7) is 5.26. The third-order valence-electron chi connectivity index (χ3n) is 5.13. The molecule has 2 aromatic heterocycles. The SMILES string of the molecule is Cc1ccc(-n2c(C)cc(C(O)(c3nc4ccccc4s3)C(F)(F)F)c2C)cc1. The van der Waals surface area contributed by atoms with Crippen LogP contribution in [-0.2, 0) is 5.60 Å². The normalized spacial score (nSPS) is 14.3. The first-order chi connectivity index (χ1) is 13.6. The molecule has 4 rings (SSSR count). The third-order valence-corrected chi connectivity index (χ3v) is 6.27. The van der Waals surface area contributed by atoms with Crippen LogP contribution in [0.1, 0.15) is 27.5 Å². The maximum absolute atomic E-state index is 14.3. The van der Waals surface area contributed by atoms with Crippen LogP contribution >= 0.6 is 11.3 Å². The summed E-state index contributed by atoms with van der Waals surface area (Å²) in [6, 6.07) is 15.7. The lowest BCUT2D eigenvalue weighted by molar-refractivity contribution is -0.248. The van der Waals surface area contributed by atoms with Gasteiger partial charge < -0.3 is 9.67 Å². The van der Waals surface area contributed by atoms with Gasteiger partial charge >= 0.3 is 6.18 Å². The lowest BCUT2D eigenvalue weighted by Gasteiger charge is -2.29. The highest BCUT2D eigenvalue weighted by Gasteiger charge is 2.59. The van der Waals surface area contributed by atoms with Gasteiger partial charge in [0.25, 0.3) is 0 Å². The summed E-state index contributed by atoms with van der Waals surface area (Å²) >= 11 is 0.857. The van der Waals surface area contributed by atoms with Crippen LogP contribution in [0, 0.1) is 20.8 Å². The highest BCUT2D eigenvalue weighted by Crippen LogP contribution is 2.48. The molecular weight excluding hydrogens is 397 g/mol. The van der Waals surface area contributed by atoms with Gasteiger partial charge in [-0.15, -0.1) is 11.3 Å². The van der Waals surface area contributed by atoms with Crippen molar-refractivity contribution in [1.29, 1.82) is 0 Å². The number of para-hydroxylation sites is 1. The van der Waals surface area contributed by atoms with E-state index in [-0.39, 0.29) is 10.6 Å². The molecule has 1 atom stereocenters. The number of nitrogens with zero attached hydrogens (tertiary/aromatic N) is 2. The minimum atomic E-state index is -4.93. The van der Waals surface area contributed by atoms with E-state index in [0.717, 1.165) is 22.6 Å². The molecule has 0 fully saturated rings. The first-order valence-electron chi connectivity index (χ1n) is 9.04. The second-order valence-electron chi connectivity index (χ2n) is 7.15. The number of hydrogen-bond acceptors (Lipinski definition) is 3. The first-order valence-corrected chi connectivity index (χ1v) is 9.86. The van der Waals surface area contributed by atoms with Crippen molar-refractivity contribution in [2.24, 2.45) is 0 Å². The molecule has 4 aromatic rings. The quantitative estimate of drug-likeness (QED) is 0.458. The second-order valence-corrected chi connectivity index (χ2v) is 8.18. The fourth-order valence-electron chi connectivity index (χ4n) is 3.64. The van der Waals surface area contributed by atoms with Crippen molar-refractivity contribution >= 4 is 21.6 Å². The molecule has 29 heavy (non-hydrogen) atoms. The van der Waals surface area contributed by atoms with E-state index in [1.165, 1.54) is 6.07 Å². The number of hydrogen-bond donors (Lipinski definition) is 1. The van der Waals surface area contributed by atoms with Crippen LogP contribution in [0.4, 0.5) is 13.2 Å².